The van der Waals surface area contributed by atoms with Gasteiger partial charge in [-0.15, -0.1) is 10.2 Å². The van der Waals surface area contributed by atoms with E-state index in [-0.39, 0.29) is 12.0 Å². The van der Waals surface area contributed by atoms with E-state index in [2.05, 4.69) is 24.0 Å². The van der Waals surface area contributed by atoms with Crippen molar-refractivity contribution in [1.82, 2.24) is 15.1 Å². The molecule has 3 rings (SSSR count). The van der Waals surface area contributed by atoms with Crippen molar-refractivity contribution in [2.75, 3.05) is 32.1 Å². The highest BCUT2D eigenvalue weighted by molar-refractivity contribution is 5.79. The summed E-state index contributed by atoms with van der Waals surface area (Å²) in [6.07, 6.45) is 6.42. The highest BCUT2D eigenvalue weighted by Gasteiger charge is 2.33. The summed E-state index contributed by atoms with van der Waals surface area (Å²) in [6.45, 7) is 6.12. The molecule has 0 spiro atoms. The van der Waals surface area contributed by atoms with E-state index in [1.54, 1.807) is 0 Å². The lowest BCUT2D eigenvalue weighted by atomic mass is 9.76. The third kappa shape index (κ3) is 5.11. The molecule has 1 aromatic heterocycles. The number of likely N-dealkylation sites (tertiary alicyclic amines) is 1. The monoisotopic (exact) mass is 374 g/mol. The van der Waals surface area contributed by atoms with Crippen molar-refractivity contribution >= 4 is 11.7 Å². The van der Waals surface area contributed by atoms with Crippen LogP contribution >= 0.6 is 0 Å². The molecule has 6 nitrogen and oxygen atoms in total. The van der Waals surface area contributed by atoms with Gasteiger partial charge in [0, 0.05) is 32.6 Å². The van der Waals surface area contributed by atoms with Crippen LogP contribution in [0.25, 0.3) is 0 Å². The summed E-state index contributed by atoms with van der Waals surface area (Å²) in [7, 11) is 3.87. The number of carbonyl (C=O) groups excluding carboxylic acids is 1. The number of piperidine rings is 1. The molecule has 0 N–H and O–H groups in total. The molecule has 1 aliphatic heterocycles. The lowest BCUT2D eigenvalue weighted by molar-refractivity contribution is -0.139. The maximum absolute atomic E-state index is 13.0. The molecule has 0 bridgehead atoms. The van der Waals surface area contributed by atoms with Gasteiger partial charge < -0.3 is 14.5 Å². The molecular weight excluding hydrogens is 340 g/mol. The normalized spacial score (nSPS) is 26.1. The maximum Gasteiger partial charge on any atom is 0.233 e. The van der Waals surface area contributed by atoms with Crippen LogP contribution in [0.1, 0.15) is 52.4 Å². The van der Waals surface area contributed by atoms with Crippen LogP contribution in [0, 0.1) is 17.8 Å². The van der Waals surface area contributed by atoms with Gasteiger partial charge in [-0.25, -0.2) is 0 Å². The number of hydrogen-bond donors (Lipinski definition) is 0. The zero-order valence-electron chi connectivity index (χ0n) is 17.2. The number of aromatic nitrogens is 2. The highest BCUT2D eigenvalue weighted by atomic mass is 16.5. The highest BCUT2D eigenvalue weighted by Crippen LogP contribution is 2.34. The van der Waals surface area contributed by atoms with Crippen molar-refractivity contribution in [3.05, 3.63) is 12.1 Å². The molecule has 2 aliphatic rings. The van der Waals surface area contributed by atoms with Crippen LogP contribution in [0.15, 0.2) is 12.1 Å². The maximum atomic E-state index is 13.0. The Kier molecular flexibility index (Phi) is 6.55. The predicted octanol–water partition coefficient (Wildman–Crippen LogP) is 3.37. The number of hydrogen-bond acceptors (Lipinski definition) is 5. The Morgan fingerprint density at radius 1 is 1.15 bits per heavy atom. The van der Waals surface area contributed by atoms with Crippen molar-refractivity contribution in [2.45, 2.75) is 58.5 Å². The third-order valence-electron chi connectivity index (χ3n) is 6.13. The van der Waals surface area contributed by atoms with Crippen LogP contribution in [0.5, 0.6) is 5.88 Å². The van der Waals surface area contributed by atoms with E-state index in [0.29, 0.717) is 18.3 Å². The van der Waals surface area contributed by atoms with E-state index in [1.165, 1.54) is 12.8 Å². The molecule has 27 heavy (non-hydrogen) atoms. The molecular formula is C21H34N4O2. The third-order valence-corrected chi connectivity index (χ3v) is 6.13. The molecule has 150 valence electrons. The Labute approximate surface area is 163 Å². The number of carbonyl (C=O) groups is 1. The van der Waals surface area contributed by atoms with E-state index >= 15 is 0 Å². The summed E-state index contributed by atoms with van der Waals surface area (Å²) < 4.78 is 6.02. The van der Waals surface area contributed by atoms with Crippen molar-refractivity contribution in [3.8, 4) is 5.88 Å². The molecule has 2 fully saturated rings. The SMILES string of the molecule is CC(C)C1CCC(C(=O)N2CCCC(Oc3ccc(N(C)C)nn3)C2)CC1. The molecule has 2 heterocycles. The van der Waals surface area contributed by atoms with E-state index in [0.717, 1.165) is 49.9 Å². The minimum absolute atomic E-state index is 0.00853. The second-order valence-electron chi connectivity index (χ2n) is 8.65. The smallest absolute Gasteiger partial charge is 0.233 e. The summed E-state index contributed by atoms with van der Waals surface area (Å²) >= 11 is 0. The van der Waals surface area contributed by atoms with Crippen LogP contribution < -0.4 is 9.64 Å². The van der Waals surface area contributed by atoms with Gasteiger partial charge in [0.2, 0.25) is 11.8 Å². The largest absolute Gasteiger partial charge is 0.471 e. The van der Waals surface area contributed by atoms with Crippen molar-refractivity contribution in [3.63, 3.8) is 0 Å². The number of ether oxygens (including phenoxy) is 1. The second-order valence-corrected chi connectivity index (χ2v) is 8.65. The second kappa shape index (κ2) is 8.89. The van der Waals surface area contributed by atoms with E-state index in [4.69, 9.17) is 4.74 Å². The Bertz CT molecular complexity index is 609. The Morgan fingerprint density at radius 3 is 2.48 bits per heavy atom. The molecule has 1 aromatic rings. The number of anilines is 1. The van der Waals surface area contributed by atoms with Gasteiger partial charge >= 0.3 is 0 Å². The lowest BCUT2D eigenvalue weighted by Gasteiger charge is -2.37. The zero-order valence-corrected chi connectivity index (χ0v) is 17.2. The van der Waals surface area contributed by atoms with Gasteiger partial charge in [0.1, 0.15) is 6.10 Å². The Balaban J connectivity index is 1.52. The van der Waals surface area contributed by atoms with Crippen molar-refractivity contribution in [2.24, 2.45) is 17.8 Å². The summed E-state index contributed by atoms with van der Waals surface area (Å²) in [5.74, 6) is 3.40. The lowest BCUT2D eigenvalue weighted by Crippen LogP contribution is -2.47. The molecule has 1 saturated carbocycles. The first-order valence-corrected chi connectivity index (χ1v) is 10.4. The number of amides is 1. The minimum Gasteiger partial charge on any atom is -0.471 e. The summed E-state index contributed by atoms with van der Waals surface area (Å²) in [5.41, 5.74) is 0. The quantitative estimate of drug-likeness (QED) is 0.791. The van der Waals surface area contributed by atoms with Crippen LogP contribution in [0.4, 0.5) is 5.82 Å². The van der Waals surface area contributed by atoms with Crippen molar-refractivity contribution in [1.29, 1.82) is 0 Å². The first kappa shape index (κ1) is 19.9. The van der Waals surface area contributed by atoms with E-state index in [9.17, 15) is 4.79 Å². The number of rotatable bonds is 5. The molecule has 6 heteroatoms. The molecule has 0 radical (unpaired) electrons. The van der Waals surface area contributed by atoms with Gasteiger partial charge in [0.25, 0.3) is 0 Å². The van der Waals surface area contributed by atoms with Gasteiger partial charge in [-0.1, -0.05) is 13.8 Å². The molecule has 1 aliphatic carbocycles. The Hall–Kier alpha value is -1.85. The fraction of sp³-hybridized carbons (Fsp3) is 0.762. The van der Waals surface area contributed by atoms with Gasteiger partial charge in [-0.05, 0) is 56.4 Å². The summed E-state index contributed by atoms with van der Waals surface area (Å²) in [6, 6.07) is 3.76. The number of nitrogens with zero attached hydrogens (tertiary/aromatic N) is 4. The average Bonchev–Trinajstić information content (AvgIpc) is 2.68. The molecule has 0 aromatic carbocycles. The van der Waals surface area contributed by atoms with Crippen LogP contribution in [0.2, 0.25) is 0 Å². The van der Waals surface area contributed by atoms with Gasteiger partial charge in [-0.2, -0.15) is 0 Å². The van der Waals surface area contributed by atoms with Gasteiger partial charge in [-0.3, -0.25) is 4.79 Å². The standard InChI is InChI=1S/C21H34N4O2/c1-15(2)16-7-9-17(10-8-16)21(26)25-13-5-6-18(14-25)27-20-12-11-19(22-23-20)24(3)4/h11-12,15-18H,5-10,13-14H2,1-4H3. The molecule has 1 saturated heterocycles. The van der Waals surface area contributed by atoms with Gasteiger partial charge in [0.15, 0.2) is 5.82 Å². The Morgan fingerprint density at radius 2 is 1.89 bits per heavy atom. The molecule has 1 atom stereocenters. The van der Waals surface area contributed by atoms with E-state index in [1.807, 2.05) is 36.0 Å². The topological polar surface area (TPSA) is 58.6 Å². The fourth-order valence-electron chi connectivity index (χ4n) is 4.31. The fourth-order valence-corrected chi connectivity index (χ4v) is 4.31. The van der Waals surface area contributed by atoms with Crippen LogP contribution in [-0.4, -0.2) is 54.3 Å². The minimum atomic E-state index is 0.00853. The van der Waals surface area contributed by atoms with Crippen molar-refractivity contribution < 1.29 is 9.53 Å². The first-order chi connectivity index (χ1) is 12.9. The van der Waals surface area contributed by atoms with Gasteiger partial charge in [0.05, 0.1) is 6.54 Å². The summed E-state index contributed by atoms with van der Waals surface area (Å²) in [4.78, 5) is 16.9. The first-order valence-electron chi connectivity index (χ1n) is 10.4. The van der Waals surface area contributed by atoms with Crippen LogP contribution in [0.3, 0.4) is 0 Å². The van der Waals surface area contributed by atoms with Crippen LogP contribution in [-0.2, 0) is 4.79 Å². The molecule has 1 amide bonds. The zero-order chi connectivity index (χ0) is 19.4. The molecule has 1 unspecified atom stereocenters. The van der Waals surface area contributed by atoms with E-state index < -0.39 is 0 Å². The average molecular weight is 375 g/mol. The predicted molar refractivity (Wildman–Crippen MR) is 107 cm³/mol. The summed E-state index contributed by atoms with van der Waals surface area (Å²) in [5, 5.41) is 8.32.